The summed E-state index contributed by atoms with van der Waals surface area (Å²) in [6.07, 6.45) is 2.76. The second kappa shape index (κ2) is 8.88. The summed E-state index contributed by atoms with van der Waals surface area (Å²) in [6.45, 7) is 2.65. The normalized spacial score (nSPS) is 15.1. The average molecular weight is 424 g/mol. The number of benzene rings is 2. The van der Waals surface area contributed by atoms with Gasteiger partial charge in [-0.1, -0.05) is 18.2 Å². The van der Waals surface area contributed by atoms with Crippen molar-refractivity contribution in [3.8, 4) is 22.1 Å². The lowest BCUT2D eigenvalue weighted by Gasteiger charge is -2.10. The molecule has 1 aromatic heterocycles. The molecule has 0 amide bonds. The topological polar surface area (TPSA) is 68.7 Å². The van der Waals surface area contributed by atoms with Crippen molar-refractivity contribution in [2.45, 2.75) is 38.5 Å². The fraction of sp³-hybridized carbons (Fsp3) is 0.333. The fourth-order valence-corrected chi connectivity index (χ4v) is 4.96. The smallest absolute Gasteiger partial charge is 0.303 e. The SMILES string of the molecule is COc1cccc(-c2nc(CCOc3ccc4c(c3)CCC4CC(=O)O)c(C)s2)c1. The molecule has 6 heteroatoms. The van der Waals surface area contributed by atoms with Crippen LogP contribution in [-0.4, -0.2) is 29.8 Å². The fourth-order valence-electron chi connectivity index (χ4n) is 4.00. The Hall–Kier alpha value is -2.86. The van der Waals surface area contributed by atoms with Crippen LogP contribution in [0.3, 0.4) is 0 Å². The lowest BCUT2D eigenvalue weighted by atomic mass is 9.98. The van der Waals surface area contributed by atoms with Crippen LogP contribution < -0.4 is 9.47 Å². The number of aliphatic carboxylic acids is 1. The zero-order chi connectivity index (χ0) is 21.1. The van der Waals surface area contributed by atoms with E-state index < -0.39 is 5.97 Å². The zero-order valence-electron chi connectivity index (χ0n) is 17.2. The van der Waals surface area contributed by atoms with Gasteiger partial charge in [0.15, 0.2) is 0 Å². The number of methoxy groups -OCH3 is 1. The molecule has 0 fully saturated rings. The third-order valence-electron chi connectivity index (χ3n) is 5.55. The van der Waals surface area contributed by atoms with Crippen LogP contribution in [0.1, 0.15) is 40.5 Å². The maximum Gasteiger partial charge on any atom is 0.303 e. The molecular weight excluding hydrogens is 398 g/mol. The molecule has 0 saturated heterocycles. The van der Waals surface area contributed by atoms with Gasteiger partial charge in [-0.3, -0.25) is 4.79 Å². The molecule has 0 radical (unpaired) electrons. The Morgan fingerprint density at radius 2 is 2.10 bits per heavy atom. The predicted octanol–water partition coefficient (Wildman–Crippen LogP) is 5.25. The van der Waals surface area contributed by atoms with Gasteiger partial charge in [-0.15, -0.1) is 11.3 Å². The molecule has 156 valence electrons. The van der Waals surface area contributed by atoms with Crippen LogP contribution >= 0.6 is 11.3 Å². The highest BCUT2D eigenvalue weighted by Crippen LogP contribution is 2.37. The number of carbonyl (C=O) groups is 1. The first-order valence-corrected chi connectivity index (χ1v) is 10.9. The summed E-state index contributed by atoms with van der Waals surface area (Å²) in [5.41, 5.74) is 4.48. The third-order valence-corrected chi connectivity index (χ3v) is 6.62. The Morgan fingerprint density at radius 1 is 1.23 bits per heavy atom. The molecule has 1 aliphatic carbocycles. The van der Waals surface area contributed by atoms with Gasteiger partial charge in [0.25, 0.3) is 0 Å². The Kier molecular flexibility index (Phi) is 6.04. The number of carboxylic acids is 1. The second-order valence-corrected chi connectivity index (χ2v) is 8.75. The van der Waals surface area contributed by atoms with E-state index in [0.717, 1.165) is 52.6 Å². The van der Waals surface area contributed by atoms with Crippen molar-refractivity contribution in [3.05, 3.63) is 64.2 Å². The molecule has 30 heavy (non-hydrogen) atoms. The van der Waals surface area contributed by atoms with Crippen LogP contribution in [0.5, 0.6) is 11.5 Å². The molecular formula is C24H25NO4S. The molecule has 0 spiro atoms. The van der Waals surface area contributed by atoms with Gasteiger partial charge in [-0.25, -0.2) is 4.98 Å². The van der Waals surface area contributed by atoms with Crippen molar-refractivity contribution < 1.29 is 19.4 Å². The number of aromatic nitrogens is 1. The number of nitrogens with zero attached hydrogens (tertiary/aromatic N) is 1. The van der Waals surface area contributed by atoms with E-state index >= 15 is 0 Å². The minimum Gasteiger partial charge on any atom is -0.497 e. The number of hydrogen-bond acceptors (Lipinski definition) is 5. The summed E-state index contributed by atoms with van der Waals surface area (Å²) in [5.74, 6) is 1.05. The highest BCUT2D eigenvalue weighted by molar-refractivity contribution is 7.15. The van der Waals surface area contributed by atoms with E-state index in [1.807, 2.05) is 36.4 Å². The molecule has 1 aliphatic rings. The number of carboxylic acid groups (broad SMARTS) is 1. The molecule has 4 rings (SSSR count). The third kappa shape index (κ3) is 4.49. The van der Waals surface area contributed by atoms with Crippen LogP contribution in [0.15, 0.2) is 42.5 Å². The van der Waals surface area contributed by atoms with Crippen LogP contribution in [0.2, 0.25) is 0 Å². The Balaban J connectivity index is 1.38. The Bertz CT molecular complexity index is 1060. The highest BCUT2D eigenvalue weighted by Gasteiger charge is 2.24. The van der Waals surface area contributed by atoms with Crippen molar-refractivity contribution in [2.24, 2.45) is 0 Å². The van der Waals surface area contributed by atoms with E-state index in [0.29, 0.717) is 6.61 Å². The molecule has 3 aromatic rings. The van der Waals surface area contributed by atoms with E-state index in [1.54, 1.807) is 18.4 Å². The van der Waals surface area contributed by atoms with Crippen molar-refractivity contribution in [1.82, 2.24) is 4.98 Å². The number of thiazole rings is 1. The van der Waals surface area contributed by atoms with Crippen molar-refractivity contribution in [1.29, 1.82) is 0 Å². The van der Waals surface area contributed by atoms with Crippen LogP contribution in [-0.2, 0) is 17.6 Å². The molecule has 0 saturated carbocycles. The lowest BCUT2D eigenvalue weighted by Crippen LogP contribution is -2.04. The minimum absolute atomic E-state index is 0.124. The molecule has 1 unspecified atom stereocenters. The number of fused-ring (bicyclic) bond motifs is 1. The number of aryl methyl sites for hydroxylation is 2. The van der Waals surface area contributed by atoms with Gasteiger partial charge < -0.3 is 14.6 Å². The maximum atomic E-state index is 11.0. The van der Waals surface area contributed by atoms with E-state index in [1.165, 1.54) is 10.4 Å². The van der Waals surface area contributed by atoms with Gasteiger partial charge in [0.05, 0.1) is 25.8 Å². The maximum absolute atomic E-state index is 11.0. The van der Waals surface area contributed by atoms with Gasteiger partial charge in [-0.05, 0) is 61.1 Å². The van der Waals surface area contributed by atoms with Crippen LogP contribution in [0, 0.1) is 6.92 Å². The largest absolute Gasteiger partial charge is 0.497 e. The summed E-state index contributed by atoms with van der Waals surface area (Å²) in [5, 5.41) is 10.1. The average Bonchev–Trinajstić information content (AvgIpc) is 3.31. The van der Waals surface area contributed by atoms with E-state index in [-0.39, 0.29) is 12.3 Å². The van der Waals surface area contributed by atoms with Crippen LogP contribution in [0.4, 0.5) is 0 Å². The number of rotatable bonds is 8. The second-order valence-electron chi connectivity index (χ2n) is 7.55. The van der Waals surface area contributed by atoms with Gasteiger partial charge in [0, 0.05) is 16.9 Å². The summed E-state index contributed by atoms with van der Waals surface area (Å²) < 4.78 is 11.3. The van der Waals surface area contributed by atoms with Crippen molar-refractivity contribution in [2.75, 3.05) is 13.7 Å². The van der Waals surface area contributed by atoms with E-state index in [4.69, 9.17) is 19.6 Å². The van der Waals surface area contributed by atoms with Crippen molar-refractivity contribution in [3.63, 3.8) is 0 Å². The van der Waals surface area contributed by atoms with Gasteiger partial charge >= 0.3 is 5.97 Å². The van der Waals surface area contributed by atoms with Crippen molar-refractivity contribution >= 4 is 17.3 Å². The first kappa shape index (κ1) is 20.4. The number of ether oxygens (including phenoxy) is 2. The number of hydrogen-bond donors (Lipinski definition) is 1. The standard InChI is InChI=1S/C24H25NO4S/c1-15-22(25-24(30-15)18-4-3-5-19(13-18)28-2)10-11-29-20-8-9-21-16(12-20)6-7-17(21)14-23(26)27/h3-5,8-9,12-13,17H,6-7,10-11,14H2,1-2H3,(H,26,27). The van der Waals surface area contributed by atoms with Gasteiger partial charge in [0.1, 0.15) is 16.5 Å². The lowest BCUT2D eigenvalue weighted by molar-refractivity contribution is -0.137. The van der Waals surface area contributed by atoms with Gasteiger partial charge in [0.2, 0.25) is 0 Å². The minimum atomic E-state index is -0.736. The predicted molar refractivity (Wildman–Crippen MR) is 118 cm³/mol. The monoisotopic (exact) mass is 423 g/mol. The molecule has 1 heterocycles. The Labute approximate surface area is 180 Å². The quantitative estimate of drug-likeness (QED) is 0.536. The molecule has 2 aromatic carbocycles. The Morgan fingerprint density at radius 3 is 2.90 bits per heavy atom. The molecule has 0 aliphatic heterocycles. The van der Waals surface area contributed by atoms with Crippen LogP contribution in [0.25, 0.3) is 10.6 Å². The zero-order valence-corrected chi connectivity index (χ0v) is 18.0. The first-order valence-electron chi connectivity index (χ1n) is 10.1. The molecule has 0 bridgehead atoms. The van der Waals surface area contributed by atoms with Gasteiger partial charge in [-0.2, -0.15) is 0 Å². The summed E-state index contributed by atoms with van der Waals surface area (Å²) >= 11 is 1.68. The summed E-state index contributed by atoms with van der Waals surface area (Å²) in [6, 6.07) is 14.0. The summed E-state index contributed by atoms with van der Waals surface area (Å²) in [7, 11) is 1.67. The summed E-state index contributed by atoms with van der Waals surface area (Å²) in [4.78, 5) is 17.0. The van der Waals surface area contributed by atoms with E-state index in [2.05, 4.69) is 13.0 Å². The molecule has 5 nitrogen and oxygen atoms in total. The highest BCUT2D eigenvalue weighted by atomic mass is 32.1. The van der Waals surface area contributed by atoms with E-state index in [9.17, 15) is 4.79 Å². The molecule has 1 atom stereocenters. The first-order chi connectivity index (χ1) is 14.5. The molecule has 1 N–H and O–H groups in total.